The van der Waals surface area contributed by atoms with Gasteiger partial charge in [0.1, 0.15) is 0 Å². The van der Waals surface area contributed by atoms with Crippen molar-refractivity contribution in [2.75, 3.05) is 47.3 Å². The van der Waals surface area contributed by atoms with E-state index in [1.807, 2.05) is 12.2 Å². The van der Waals surface area contributed by atoms with E-state index in [-0.39, 0.29) is 5.91 Å². The van der Waals surface area contributed by atoms with E-state index < -0.39 is 0 Å². The molecule has 0 saturated heterocycles. The predicted octanol–water partition coefficient (Wildman–Crippen LogP) is 5.02. The molecule has 0 aliphatic heterocycles. The van der Waals surface area contributed by atoms with E-state index >= 15 is 0 Å². The van der Waals surface area contributed by atoms with Gasteiger partial charge in [0.25, 0.3) is 0 Å². The molecule has 0 unspecified atom stereocenters. The standard InChI is InChI=1S/C24H47N3O/c1-5-6-7-8-9-10-11-12-13-14-15-19-24(28)25-20-18-23-27(4)22-17-16-21-26(2)3/h13-15,19H,5-12,16-18,20-23H2,1-4H3,(H,25,28)/b14-13+,19-15+. The van der Waals surface area contributed by atoms with Crippen LogP contribution in [0.2, 0.25) is 0 Å². The maximum Gasteiger partial charge on any atom is 0.243 e. The van der Waals surface area contributed by atoms with Crippen LogP contribution in [-0.4, -0.2) is 63.0 Å². The van der Waals surface area contributed by atoms with Crippen molar-refractivity contribution in [3.63, 3.8) is 0 Å². The first-order valence-corrected chi connectivity index (χ1v) is 11.5. The number of amides is 1. The highest BCUT2D eigenvalue weighted by Gasteiger charge is 2.00. The average Bonchev–Trinajstić information content (AvgIpc) is 2.66. The van der Waals surface area contributed by atoms with Crippen LogP contribution in [0.4, 0.5) is 0 Å². The predicted molar refractivity (Wildman–Crippen MR) is 124 cm³/mol. The highest BCUT2D eigenvalue weighted by atomic mass is 16.1. The molecule has 4 heteroatoms. The summed E-state index contributed by atoms with van der Waals surface area (Å²) in [6.07, 6.45) is 21.6. The molecule has 0 bridgehead atoms. The molecule has 0 radical (unpaired) electrons. The van der Waals surface area contributed by atoms with E-state index in [2.05, 4.69) is 49.3 Å². The zero-order valence-electron chi connectivity index (χ0n) is 19.2. The molecule has 0 heterocycles. The van der Waals surface area contributed by atoms with Gasteiger partial charge in [-0.15, -0.1) is 0 Å². The number of hydrogen-bond acceptors (Lipinski definition) is 3. The van der Waals surface area contributed by atoms with Gasteiger partial charge >= 0.3 is 0 Å². The summed E-state index contributed by atoms with van der Waals surface area (Å²) in [5.74, 6) is 0.00853. The molecule has 0 aliphatic rings. The van der Waals surface area contributed by atoms with Crippen LogP contribution in [0, 0.1) is 0 Å². The van der Waals surface area contributed by atoms with Crippen molar-refractivity contribution in [1.29, 1.82) is 0 Å². The summed E-state index contributed by atoms with van der Waals surface area (Å²) in [6.45, 7) is 6.32. The fraction of sp³-hybridized carbons (Fsp3) is 0.792. The Morgan fingerprint density at radius 1 is 0.786 bits per heavy atom. The van der Waals surface area contributed by atoms with Gasteiger partial charge in [0.05, 0.1) is 0 Å². The van der Waals surface area contributed by atoms with Crippen LogP contribution >= 0.6 is 0 Å². The van der Waals surface area contributed by atoms with E-state index in [1.165, 1.54) is 57.8 Å². The molecule has 0 saturated carbocycles. The maximum absolute atomic E-state index is 11.8. The van der Waals surface area contributed by atoms with Gasteiger partial charge < -0.3 is 15.1 Å². The Morgan fingerprint density at radius 2 is 1.43 bits per heavy atom. The molecular weight excluding hydrogens is 346 g/mol. The van der Waals surface area contributed by atoms with Crippen molar-refractivity contribution < 1.29 is 4.79 Å². The minimum absolute atomic E-state index is 0.00853. The Hall–Kier alpha value is -1.13. The van der Waals surface area contributed by atoms with Gasteiger partial charge in [-0.1, -0.05) is 63.7 Å². The molecule has 0 aliphatic carbocycles. The zero-order chi connectivity index (χ0) is 20.9. The molecule has 0 rings (SSSR count). The quantitative estimate of drug-likeness (QED) is 0.190. The van der Waals surface area contributed by atoms with Gasteiger partial charge in [-0.05, 0) is 72.9 Å². The molecule has 0 atom stereocenters. The SMILES string of the molecule is CCCCCCCCC/C=C/C=C/C(=O)NCCCN(C)CCCCN(C)C. The Bertz CT molecular complexity index is 405. The summed E-state index contributed by atoms with van der Waals surface area (Å²) in [6, 6.07) is 0. The van der Waals surface area contributed by atoms with Crippen LogP contribution in [0.15, 0.2) is 24.3 Å². The lowest BCUT2D eigenvalue weighted by Crippen LogP contribution is -2.27. The third-order valence-electron chi connectivity index (χ3n) is 4.88. The first-order chi connectivity index (χ1) is 13.6. The summed E-state index contributed by atoms with van der Waals surface area (Å²) in [5.41, 5.74) is 0. The molecule has 28 heavy (non-hydrogen) atoms. The number of hydrogen-bond donors (Lipinski definition) is 1. The fourth-order valence-corrected chi connectivity index (χ4v) is 3.08. The van der Waals surface area contributed by atoms with Crippen LogP contribution in [-0.2, 0) is 4.79 Å². The lowest BCUT2D eigenvalue weighted by Gasteiger charge is -2.17. The zero-order valence-corrected chi connectivity index (χ0v) is 19.2. The Kier molecular flexibility index (Phi) is 19.8. The lowest BCUT2D eigenvalue weighted by molar-refractivity contribution is -0.116. The van der Waals surface area contributed by atoms with Crippen LogP contribution in [0.1, 0.15) is 77.6 Å². The number of nitrogens with zero attached hydrogens (tertiary/aromatic N) is 2. The van der Waals surface area contributed by atoms with Crippen LogP contribution in [0.3, 0.4) is 0 Å². The van der Waals surface area contributed by atoms with Gasteiger partial charge in [-0.2, -0.15) is 0 Å². The molecule has 164 valence electrons. The van der Waals surface area contributed by atoms with Crippen LogP contribution in [0.5, 0.6) is 0 Å². The van der Waals surface area contributed by atoms with E-state index in [0.29, 0.717) is 0 Å². The first kappa shape index (κ1) is 26.9. The maximum atomic E-state index is 11.8. The minimum atomic E-state index is 0.00853. The van der Waals surface area contributed by atoms with Crippen molar-refractivity contribution in [3.05, 3.63) is 24.3 Å². The Morgan fingerprint density at radius 3 is 2.14 bits per heavy atom. The average molecular weight is 394 g/mol. The molecule has 0 fully saturated rings. The summed E-state index contributed by atoms with van der Waals surface area (Å²) in [4.78, 5) is 16.4. The first-order valence-electron chi connectivity index (χ1n) is 11.5. The Balaban J connectivity index is 3.50. The molecule has 0 spiro atoms. The van der Waals surface area contributed by atoms with Gasteiger partial charge in [-0.3, -0.25) is 4.79 Å². The Labute approximate surface area is 175 Å². The van der Waals surface area contributed by atoms with Crippen molar-refractivity contribution in [2.24, 2.45) is 0 Å². The van der Waals surface area contributed by atoms with Crippen LogP contribution in [0.25, 0.3) is 0 Å². The van der Waals surface area contributed by atoms with Crippen LogP contribution < -0.4 is 5.32 Å². The summed E-state index contributed by atoms with van der Waals surface area (Å²) < 4.78 is 0. The number of nitrogens with one attached hydrogen (secondary N) is 1. The molecule has 0 aromatic rings. The highest BCUT2D eigenvalue weighted by molar-refractivity contribution is 5.87. The van der Waals surface area contributed by atoms with Crippen molar-refractivity contribution in [1.82, 2.24) is 15.1 Å². The van der Waals surface area contributed by atoms with E-state index in [1.54, 1.807) is 6.08 Å². The number of rotatable bonds is 19. The van der Waals surface area contributed by atoms with E-state index in [9.17, 15) is 4.79 Å². The molecular formula is C24H47N3O. The molecule has 4 nitrogen and oxygen atoms in total. The number of carbonyl (C=O) groups excluding carboxylic acids is 1. The van der Waals surface area contributed by atoms with Crippen molar-refractivity contribution in [3.8, 4) is 0 Å². The minimum Gasteiger partial charge on any atom is -0.353 e. The van der Waals surface area contributed by atoms with Crippen molar-refractivity contribution >= 4 is 5.91 Å². The monoisotopic (exact) mass is 393 g/mol. The summed E-state index contributed by atoms with van der Waals surface area (Å²) >= 11 is 0. The number of allylic oxidation sites excluding steroid dienone is 3. The fourth-order valence-electron chi connectivity index (χ4n) is 3.08. The normalized spacial score (nSPS) is 12.1. The van der Waals surface area contributed by atoms with Gasteiger partial charge in [0, 0.05) is 12.6 Å². The third-order valence-corrected chi connectivity index (χ3v) is 4.88. The van der Waals surface area contributed by atoms with Gasteiger partial charge in [0.2, 0.25) is 5.91 Å². The third kappa shape index (κ3) is 21.2. The van der Waals surface area contributed by atoms with E-state index in [0.717, 1.165) is 39.0 Å². The van der Waals surface area contributed by atoms with Crippen molar-refractivity contribution in [2.45, 2.75) is 77.6 Å². The topological polar surface area (TPSA) is 35.6 Å². The van der Waals surface area contributed by atoms with E-state index in [4.69, 9.17) is 0 Å². The molecule has 1 N–H and O–H groups in total. The second-order valence-electron chi connectivity index (χ2n) is 8.16. The molecule has 0 aromatic heterocycles. The summed E-state index contributed by atoms with van der Waals surface area (Å²) in [7, 11) is 6.40. The van der Waals surface area contributed by atoms with Gasteiger partial charge in [0.15, 0.2) is 0 Å². The molecule has 1 amide bonds. The lowest BCUT2D eigenvalue weighted by atomic mass is 10.1. The van der Waals surface area contributed by atoms with Gasteiger partial charge in [-0.25, -0.2) is 0 Å². The second-order valence-corrected chi connectivity index (χ2v) is 8.16. The number of carbonyl (C=O) groups is 1. The largest absolute Gasteiger partial charge is 0.353 e. The number of unbranched alkanes of at least 4 members (excludes halogenated alkanes) is 8. The highest BCUT2D eigenvalue weighted by Crippen LogP contribution is 2.08. The molecule has 0 aromatic carbocycles. The summed E-state index contributed by atoms with van der Waals surface area (Å²) in [5, 5.41) is 2.96. The smallest absolute Gasteiger partial charge is 0.243 e. The second kappa shape index (κ2) is 20.6.